The maximum Gasteiger partial charge on any atom is 0.257 e. The quantitative estimate of drug-likeness (QED) is 0.354. The van der Waals surface area contributed by atoms with E-state index in [1.807, 2.05) is 63.2 Å². The summed E-state index contributed by atoms with van der Waals surface area (Å²) < 4.78 is 16.9. The molecule has 9 nitrogen and oxygen atoms in total. The number of rotatable bonds is 11. The summed E-state index contributed by atoms with van der Waals surface area (Å²) in [7, 11) is 0. The number of hydrogen-bond donors (Lipinski definition) is 3. The molecular formula is C27H31N3O6. The molecule has 0 aliphatic carbocycles. The molecule has 3 rings (SSSR count). The van der Waals surface area contributed by atoms with Crippen LogP contribution in [0.5, 0.6) is 17.2 Å². The Morgan fingerprint density at radius 1 is 0.750 bits per heavy atom. The molecule has 190 valence electrons. The van der Waals surface area contributed by atoms with Crippen molar-refractivity contribution in [1.29, 1.82) is 0 Å². The number of nitrogens with one attached hydrogen (secondary N) is 3. The number of hydrazine groups is 1. The largest absolute Gasteiger partial charge is 0.490 e. The van der Waals surface area contributed by atoms with E-state index in [1.165, 1.54) is 12.1 Å². The summed E-state index contributed by atoms with van der Waals surface area (Å²) >= 11 is 0. The van der Waals surface area contributed by atoms with Gasteiger partial charge in [-0.25, -0.2) is 0 Å². The molecule has 0 aliphatic heterocycles. The topological polar surface area (TPSA) is 115 Å². The van der Waals surface area contributed by atoms with Crippen molar-refractivity contribution in [3.8, 4) is 17.2 Å². The smallest absolute Gasteiger partial charge is 0.257 e. The number of fused-ring (bicyclic) bond motifs is 1. The molecule has 0 aliphatic rings. The normalized spacial score (nSPS) is 10.4. The van der Waals surface area contributed by atoms with E-state index >= 15 is 0 Å². The lowest BCUT2D eigenvalue weighted by molar-refractivity contribution is -0.128. The molecule has 3 aromatic carbocycles. The minimum atomic E-state index is -0.574. The number of benzene rings is 3. The summed E-state index contributed by atoms with van der Waals surface area (Å²) in [5.41, 5.74) is 5.80. The predicted molar refractivity (Wildman–Crippen MR) is 136 cm³/mol. The zero-order chi connectivity index (χ0) is 25.9. The molecule has 0 unspecified atom stereocenters. The molecule has 0 atom stereocenters. The van der Waals surface area contributed by atoms with E-state index in [0.717, 1.165) is 16.3 Å². The Labute approximate surface area is 210 Å². The highest BCUT2D eigenvalue weighted by Gasteiger charge is 2.19. The summed E-state index contributed by atoms with van der Waals surface area (Å²) in [6.07, 6.45) is 0.0978. The van der Waals surface area contributed by atoms with Gasteiger partial charge in [-0.3, -0.25) is 25.2 Å². The van der Waals surface area contributed by atoms with E-state index in [9.17, 15) is 14.4 Å². The van der Waals surface area contributed by atoms with Crippen LogP contribution in [0.3, 0.4) is 0 Å². The maximum absolute atomic E-state index is 12.7. The zero-order valence-electron chi connectivity index (χ0n) is 20.7. The van der Waals surface area contributed by atoms with Crippen LogP contribution in [-0.2, 0) is 16.0 Å². The van der Waals surface area contributed by atoms with Gasteiger partial charge >= 0.3 is 0 Å². The number of ether oxygens (including phenoxy) is 3. The van der Waals surface area contributed by atoms with E-state index in [-0.39, 0.29) is 24.4 Å². The van der Waals surface area contributed by atoms with Gasteiger partial charge in [-0.1, -0.05) is 42.5 Å². The highest BCUT2D eigenvalue weighted by molar-refractivity contribution is 5.98. The van der Waals surface area contributed by atoms with E-state index in [4.69, 9.17) is 14.2 Å². The number of hydrogen-bond acceptors (Lipinski definition) is 6. The molecular weight excluding hydrogens is 462 g/mol. The van der Waals surface area contributed by atoms with Crippen molar-refractivity contribution < 1.29 is 28.6 Å². The lowest BCUT2D eigenvalue weighted by Crippen LogP contribution is -2.46. The van der Waals surface area contributed by atoms with Crippen molar-refractivity contribution in [2.75, 3.05) is 26.4 Å². The minimum Gasteiger partial charge on any atom is -0.490 e. The molecule has 36 heavy (non-hydrogen) atoms. The maximum atomic E-state index is 12.7. The van der Waals surface area contributed by atoms with Gasteiger partial charge in [-0.15, -0.1) is 0 Å². The standard InChI is InChI=1S/C27H31N3O6/c1-4-34-22-14-20(15-23(35-5-2)26(22)36-6-3)27(33)28-17-25(32)30-29-24(31)16-19-12-9-11-18-10-7-8-13-21(18)19/h7-15H,4-6,16-17H2,1-3H3,(H,28,33)(H,29,31)(H,30,32). The molecule has 3 amide bonds. The molecule has 0 aromatic heterocycles. The second-order valence-corrected chi connectivity index (χ2v) is 7.69. The van der Waals surface area contributed by atoms with E-state index in [2.05, 4.69) is 16.2 Å². The Morgan fingerprint density at radius 2 is 1.36 bits per heavy atom. The summed E-state index contributed by atoms with van der Waals surface area (Å²) in [6.45, 7) is 6.29. The molecule has 0 bridgehead atoms. The van der Waals surface area contributed by atoms with Crippen molar-refractivity contribution >= 4 is 28.5 Å². The van der Waals surface area contributed by atoms with Gasteiger partial charge in [0.25, 0.3) is 11.8 Å². The van der Waals surface area contributed by atoms with Gasteiger partial charge in [-0.2, -0.15) is 0 Å². The Hall–Kier alpha value is -4.27. The molecule has 0 saturated carbocycles. The van der Waals surface area contributed by atoms with Crippen molar-refractivity contribution in [2.24, 2.45) is 0 Å². The van der Waals surface area contributed by atoms with Crippen LogP contribution in [0.15, 0.2) is 54.6 Å². The molecule has 0 fully saturated rings. The van der Waals surface area contributed by atoms with Crippen molar-refractivity contribution in [2.45, 2.75) is 27.2 Å². The monoisotopic (exact) mass is 493 g/mol. The minimum absolute atomic E-state index is 0.0978. The van der Waals surface area contributed by atoms with Crippen LogP contribution >= 0.6 is 0 Å². The Morgan fingerprint density at radius 3 is 2.03 bits per heavy atom. The third-order valence-corrected chi connectivity index (χ3v) is 5.15. The fraction of sp³-hybridized carbons (Fsp3) is 0.296. The van der Waals surface area contributed by atoms with Gasteiger partial charge in [0.1, 0.15) is 0 Å². The number of carbonyl (C=O) groups is 3. The van der Waals surface area contributed by atoms with Crippen LogP contribution in [0.25, 0.3) is 10.8 Å². The Kier molecular flexibility index (Phi) is 9.50. The van der Waals surface area contributed by atoms with Gasteiger partial charge in [0, 0.05) is 5.56 Å². The van der Waals surface area contributed by atoms with Crippen molar-refractivity contribution in [3.63, 3.8) is 0 Å². The summed E-state index contributed by atoms with van der Waals surface area (Å²) in [6, 6.07) is 16.6. The molecule has 3 N–H and O–H groups in total. The fourth-order valence-electron chi connectivity index (χ4n) is 3.63. The molecule has 3 aromatic rings. The summed E-state index contributed by atoms with van der Waals surface area (Å²) in [4.78, 5) is 37.3. The zero-order valence-corrected chi connectivity index (χ0v) is 20.7. The Bertz CT molecular complexity index is 1190. The van der Waals surface area contributed by atoms with E-state index < -0.39 is 11.8 Å². The van der Waals surface area contributed by atoms with Gasteiger partial charge in [0.15, 0.2) is 11.5 Å². The first-order valence-corrected chi connectivity index (χ1v) is 11.9. The van der Waals surface area contributed by atoms with Crippen LogP contribution in [0.1, 0.15) is 36.7 Å². The second kappa shape index (κ2) is 13.0. The summed E-state index contributed by atoms with van der Waals surface area (Å²) in [5.74, 6) is -0.279. The predicted octanol–water partition coefficient (Wildman–Crippen LogP) is 3.16. The van der Waals surface area contributed by atoms with Crippen LogP contribution in [0.2, 0.25) is 0 Å². The highest BCUT2D eigenvalue weighted by Crippen LogP contribution is 2.39. The SMILES string of the molecule is CCOc1cc(C(=O)NCC(=O)NNC(=O)Cc2cccc3ccccc23)cc(OCC)c1OCC. The third-order valence-electron chi connectivity index (χ3n) is 5.15. The summed E-state index contributed by atoms with van der Waals surface area (Å²) in [5, 5.41) is 4.54. The first-order valence-electron chi connectivity index (χ1n) is 11.9. The molecule has 0 radical (unpaired) electrons. The first kappa shape index (κ1) is 26.3. The average Bonchev–Trinajstić information content (AvgIpc) is 2.88. The number of carbonyl (C=O) groups excluding carboxylic acids is 3. The number of amides is 3. The molecule has 0 saturated heterocycles. The highest BCUT2D eigenvalue weighted by atomic mass is 16.5. The third kappa shape index (κ3) is 6.88. The Balaban J connectivity index is 1.56. The van der Waals surface area contributed by atoms with Crippen LogP contribution in [-0.4, -0.2) is 44.1 Å². The van der Waals surface area contributed by atoms with Crippen LogP contribution < -0.4 is 30.4 Å². The van der Waals surface area contributed by atoms with Crippen LogP contribution in [0.4, 0.5) is 0 Å². The average molecular weight is 494 g/mol. The van der Waals surface area contributed by atoms with Crippen LogP contribution in [0, 0.1) is 0 Å². The van der Waals surface area contributed by atoms with E-state index in [0.29, 0.717) is 37.1 Å². The van der Waals surface area contributed by atoms with E-state index in [1.54, 1.807) is 0 Å². The second-order valence-electron chi connectivity index (χ2n) is 7.69. The van der Waals surface area contributed by atoms with Gasteiger partial charge < -0.3 is 19.5 Å². The molecule has 9 heteroatoms. The molecule has 0 spiro atoms. The lowest BCUT2D eigenvalue weighted by atomic mass is 10.0. The fourth-order valence-corrected chi connectivity index (χ4v) is 3.63. The van der Waals surface area contributed by atoms with Gasteiger partial charge in [-0.05, 0) is 49.2 Å². The van der Waals surface area contributed by atoms with Crippen molar-refractivity contribution in [3.05, 3.63) is 65.7 Å². The first-order chi connectivity index (χ1) is 17.5. The van der Waals surface area contributed by atoms with Gasteiger partial charge in [0.2, 0.25) is 11.7 Å². The lowest BCUT2D eigenvalue weighted by Gasteiger charge is -2.17. The van der Waals surface area contributed by atoms with Gasteiger partial charge in [0.05, 0.1) is 32.8 Å². The molecule has 0 heterocycles. The van der Waals surface area contributed by atoms with Crippen molar-refractivity contribution in [1.82, 2.24) is 16.2 Å².